The molecular formula is C20H16N2O8S. The zero-order valence-corrected chi connectivity index (χ0v) is 16.8. The number of carbonyl (C=O) groups excluding carboxylic acids is 4. The Morgan fingerprint density at radius 2 is 0.968 bits per heavy atom. The van der Waals surface area contributed by atoms with Crippen LogP contribution in [-0.2, 0) is 9.84 Å². The molecule has 0 aliphatic carbocycles. The van der Waals surface area contributed by atoms with Crippen LogP contribution in [0.4, 0.5) is 0 Å². The van der Waals surface area contributed by atoms with Gasteiger partial charge in [0.1, 0.15) is 0 Å². The molecule has 2 N–H and O–H groups in total. The minimum atomic E-state index is -4.19. The minimum Gasteiger partial charge on any atom is -0.395 e. The Morgan fingerprint density at radius 1 is 0.613 bits per heavy atom. The molecule has 160 valence electrons. The number of hydrogen-bond acceptors (Lipinski definition) is 8. The van der Waals surface area contributed by atoms with E-state index in [1.165, 1.54) is 24.3 Å². The maximum Gasteiger partial charge on any atom is 0.261 e. The second-order valence-corrected chi connectivity index (χ2v) is 8.84. The molecule has 2 aliphatic heterocycles. The summed E-state index contributed by atoms with van der Waals surface area (Å²) in [6.07, 6.45) is 0. The number of amides is 4. The Labute approximate surface area is 176 Å². The highest BCUT2D eigenvalue weighted by molar-refractivity contribution is 7.91. The summed E-state index contributed by atoms with van der Waals surface area (Å²) >= 11 is 0. The van der Waals surface area contributed by atoms with Crippen LogP contribution in [-0.4, -0.2) is 78.4 Å². The minimum absolute atomic E-state index is 0.0340. The van der Waals surface area contributed by atoms with Gasteiger partial charge in [-0.3, -0.25) is 29.0 Å². The van der Waals surface area contributed by atoms with Gasteiger partial charge in [-0.25, -0.2) is 8.42 Å². The van der Waals surface area contributed by atoms with Gasteiger partial charge >= 0.3 is 0 Å². The van der Waals surface area contributed by atoms with Crippen molar-refractivity contribution in [2.45, 2.75) is 9.79 Å². The molecule has 2 aromatic rings. The van der Waals surface area contributed by atoms with Crippen molar-refractivity contribution in [3.05, 3.63) is 58.7 Å². The number of nitrogens with zero attached hydrogens (tertiary/aromatic N) is 2. The molecule has 0 fully saturated rings. The van der Waals surface area contributed by atoms with Gasteiger partial charge in [-0.1, -0.05) is 0 Å². The monoisotopic (exact) mass is 444 g/mol. The molecule has 0 aromatic heterocycles. The van der Waals surface area contributed by atoms with E-state index in [9.17, 15) is 27.6 Å². The first-order chi connectivity index (χ1) is 14.7. The summed E-state index contributed by atoms with van der Waals surface area (Å²) in [5, 5.41) is 18.1. The number of aliphatic hydroxyl groups is 2. The van der Waals surface area contributed by atoms with E-state index in [1.54, 1.807) is 0 Å². The topological polar surface area (TPSA) is 149 Å². The molecule has 0 saturated heterocycles. The third-order valence-electron chi connectivity index (χ3n) is 5.15. The van der Waals surface area contributed by atoms with Crippen LogP contribution < -0.4 is 0 Å². The number of β-amino-alcohol motifs (C(OH)–C–C–N with tert-alkyl or cyclic N) is 2. The van der Waals surface area contributed by atoms with Gasteiger partial charge in [0.15, 0.2) is 0 Å². The third-order valence-corrected chi connectivity index (χ3v) is 6.90. The van der Waals surface area contributed by atoms with Crippen molar-refractivity contribution in [1.29, 1.82) is 0 Å². The highest BCUT2D eigenvalue weighted by Crippen LogP contribution is 2.31. The summed E-state index contributed by atoms with van der Waals surface area (Å²) in [6.45, 7) is -1.27. The number of benzene rings is 2. The van der Waals surface area contributed by atoms with Crippen LogP contribution in [0.1, 0.15) is 41.4 Å². The fourth-order valence-electron chi connectivity index (χ4n) is 3.62. The van der Waals surface area contributed by atoms with Crippen molar-refractivity contribution in [2.75, 3.05) is 26.3 Å². The van der Waals surface area contributed by atoms with Crippen molar-refractivity contribution in [1.82, 2.24) is 9.80 Å². The summed E-state index contributed by atoms with van der Waals surface area (Å²) in [5.74, 6) is -2.66. The number of fused-ring (bicyclic) bond motifs is 2. The summed E-state index contributed by atoms with van der Waals surface area (Å²) < 4.78 is 26.2. The molecule has 0 unspecified atom stereocenters. The Hall–Kier alpha value is -3.41. The SMILES string of the molecule is O=C1c2ccc(S(=O)(=O)c3ccc4c(c3)C(=O)N(CCO)C4=O)cc2C(=O)N1CCO. The summed E-state index contributed by atoms with van der Waals surface area (Å²) in [5.41, 5.74) is -0.124. The van der Waals surface area contributed by atoms with Crippen molar-refractivity contribution >= 4 is 33.5 Å². The van der Waals surface area contributed by atoms with Gasteiger partial charge in [-0.05, 0) is 36.4 Å². The van der Waals surface area contributed by atoms with Gasteiger partial charge in [0.05, 0.1) is 58.3 Å². The Balaban J connectivity index is 1.74. The van der Waals surface area contributed by atoms with Crippen molar-refractivity contribution < 1.29 is 37.8 Å². The Bertz CT molecular complexity index is 1180. The average Bonchev–Trinajstić information content (AvgIpc) is 3.14. The fourth-order valence-corrected chi connectivity index (χ4v) is 4.93. The second-order valence-electron chi connectivity index (χ2n) is 6.89. The third kappa shape index (κ3) is 3.05. The van der Waals surface area contributed by atoms with E-state index in [-0.39, 0.29) is 45.1 Å². The molecule has 11 heteroatoms. The van der Waals surface area contributed by atoms with Crippen LogP contribution in [0.5, 0.6) is 0 Å². The predicted octanol–water partition coefficient (Wildman–Crippen LogP) is -0.304. The lowest BCUT2D eigenvalue weighted by molar-refractivity contribution is 0.0610. The average molecular weight is 444 g/mol. The smallest absolute Gasteiger partial charge is 0.261 e. The first-order valence-electron chi connectivity index (χ1n) is 9.19. The summed E-state index contributed by atoms with van der Waals surface area (Å²) in [7, 11) is -4.19. The Kier molecular flexibility index (Phi) is 4.96. The van der Waals surface area contributed by atoms with Gasteiger partial charge < -0.3 is 10.2 Å². The molecule has 2 aromatic carbocycles. The molecule has 0 atom stereocenters. The lowest BCUT2D eigenvalue weighted by Crippen LogP contribution is -2.32. The molecule has 4 rings (SSSR count). The van der Waals surface area contributed by atoms with Crippen molar-refractivity contribution in [2.24, 2.45) is 0 Å². The highest BCUT2D eigenvalue weighted by atomic mass is 32.2. The van der Waals surface area contributed by atoms with E-state index in [1.807, 2.05) is 0 Å². The maximum atomic E-state index is 13.1. The van der Waals surface area contributed by atoms with Crippen LogP contribution in [0.3, 0.4) is 0 Å². The number of sulfone groups is 1. The molecule has 2 aliphatic rings. The first-order valence-corrected chi connectivity index (χ1v) is 10.7. The molecular weight excluding hydrogens is 428 g/mol. The van der Waals surface area contributed by atoms with Crippen molar-refractivity contribution in [3.8, 4) is 0 Å². The van der Waals surface area contributed by atoms with E-state index in [0.717, 1.165) is 21.9 Å². The van der Waals surface area contributed by atoms with Gasteiger partial charge in [0.2, 0.25) is 9.84 Å². The number of aliphatic hydroxyl groups excluding tert-OH is 2. The predicted molar refractivity (Wildman–Crippen MR) is 103 cm³/mol. The van der Waals surface area contributed by atoms with Crippen LogP contribution in [0, 0.1) is 0 Å². The quantitative estimate of drug-likeness (QED) is 0.577. The number of imide groups is 2. The van der Waals surface area contributed by atoms with Crippen LogP contribution in [0.2, 0.25) is 0 Å². The molecule has 0 radical (unpaired) electrons. The van der Waals surface area contributed by atoms with E-state index in [2.05, 4.69) is 0 Å². The zero-order chi connectivity index (χ0) is 22.5. The van der Waals surface area contributed by atoms with Crippen LogP contribution in [0.15, 0.2) is 46.2 Å². The van der Waals surface area contributed by atoms with Gasteiger partial charge in [0.25, 0.3) is 23.6 Å². The molecule has 0 spiro atoms. The normalized spacial score (nSPS) is 15.7. The second kappa shape index (κ2) is 7.38. The molecule has 0 saturated carbocycles. The molecule has 2 heterocycles. The maximum absolute atomic E-state index is 13.1. The van der Waals surface area contributed by atoms with E-state index >= 15 is 0 Å². The van der Waals surface area contributed by atoms with Crippen molar-refractivity contribution in [3.63, 3.8) is 0 Å². The zero-order valence-electron chi connectivity index (χ0n) is 15.9. The molecule has 10 nitrogen and oxygen atoms in total. The first kappa shape index (κ1) is 20.8. The lowest BCUT2D eigenvalue weighted by Gasteiger charge is -2.10. The fraction of sp³-hybridized carbons (Fsp3) is 0.200. The van der Waals surface area contributed by atoms with Gasteiger partial charge in [0, 0.05) is 0 Å². The van der Waals surface area contributed by atoms with Gasteiger partial charge in [-0.2, -0.15) is 0 Å². The van der Waals surface area contributed by atoms with Gasteiger partial charge in [-0.15, -0.1) is 0 Å². The molecule has 31 heavy (non-hydrogen) atoms. The molecule has 0 bridgehead atoms. The van der Waals surface area contributed by atoms with Crippen LogP contribution >= 0.6 is 0 Å². The standard InChI is InChI=1S/C20H16N2O8S/c23-7-5-21-17(25)13-3-1-11(9-15(13)19(21)27)31(29,30)12-2-4-14-16(10-12)20(28)22(6-8-24)18(14)26/h1-4,9-10,23-24H,5-8H2. The summed E-state index contributed by atoms with van der Waals surface area (Å²) in [4.78, 5) is 50.5. The Morgan fingerprint density at radius 3 is 1.32 bits per heavy atom. The van der Waals surface area contributed by atoms with E-state index in [0.29, 0.717) is 0 Å². The summed E-state index contributed by atoms with van der Waals surface area (Å²) in [6, 6.07) is 6.98. The number of rotatable bonds is 6. The van der Waals surface area contributed by atoms with E-state index < -0.39 is 46.7 Å². The largest absolute Gasteiger partial charge is 0.395 e. The lowest BCUT2D eigenvalue weighted by atomic mass is 10.1. The van der Waals surface area contributed by atoms with Crippen LogP contribution in [0.25, 0.3) is 0 Å². The molecule has 4 amide bonds. The number of hydrogen-bond donors (Lipinski definition) is 2. The highest BCUT2D eigenvalue weighted by Gasteiger charge is 2.38. The van der Waals surface area contributed by atoms with E-state index in [4.69, 9.17) is 10.2 Å². The number of carbonyl (C=O) groups is 4.